The van der Waals surface area contributed by atoms with Crippen LogP contribution in [0.15, 0.2) is 30.6 Å². The van der Waals surface area contributed by atoms with Gasteiger partial charge in [-0.15, -0.1) is 0 Å². The lowest BCUT2D eigenvalue weighted by Gasteiger charge is -2.27. The highest BCUT2D eigenvalue weighted by Crippen LogP contribution is 2.33. The SMILES string of the molecule is CC(=O)[C@@H](c1cnccc1OC(C)C)N1CC[C@@H](OCCCCc2ccc3c(n2)NCCC3)C1. The molecule has 4 rings (SSSR count). The summed E-state index contributed by atoms with van der Waals surface area (Å²) in [5.74, 6) is 1.91. The number of nitrogens with one attached hydrogen (secondary N) is 1. The fourth-order valence-corrected chi connectivity index (χ4v) is 4.92. The van der Waals surface area contributed by atoms with Crippen molar-refractivity contribution in [2.24, 2.45) is 0 Å². The predicted octanol–water partition coefficient (Wildman–Crippen LogP) is 4.37. The van der Waals surface area contributed by atoms with E-state index in [1.165, 1.54) is 12.0 Å². The lowest BCUT2D eigenvalue weighted by molar-refractivity contribution is -0.122. The predicted molar refractivity (Wildman–Crippen MR) is 133 cm³/mol. The molecule has 2 aliphatic rings. The Hall–Kier alpha value is -2.51. The van der Waals surface area contributed by atoms with Crippen LogP contribution >= 0.6 is 0 Å². The molecular weight excluding hydrogens is 428 g/mol. The van der Waals surface area contributed by atoms with E-state index in [2.05, 4.69) is 27.3 Å². The molecule has 1 fully saturated rings. The van der Waals surface area contributed by atoms with Crippen LogP contribution in [0.1, 0.15) is 69.3 Å². The van der Waals surface area contributed by atoms with Gasteiger partial charge in [0.1, 0.15) is 11.6 Å². The van der Waals surface area contributed by atoms with E-state index >= 15 is 0 Å². The van der Waals surface area contributed by atoms with Crippen LogP contribution in [0.5, 0.6) is 5.75 Å². The minimum atomic E-state index is -0.347. The number of pyridine rings is 2. The van der Waals surface area contributed by atoms with Crippen LogP contribution < -0.4 is 10.1 Å². The van der Waals surface area contributed by atoms with E-state index in [1.54, 1.807) is 19.3 Å². The second-order valence-electron chi connectivity index (χ2n) is 9.67. The number of aromatic nitrogens is 2. The molecular formula is C27H38N4O3. The number of carbonyl (C=O) groups excluding carboxylic acids is 1. The van der Waals surface area contributed by atoms with Crippen molar-refractivity contribution >= 4 is 11.6 Å². The van der Waals surface area contributed by atoms with Crippen molar-refractivity contribution in [3.8, 4) is 5.75 Å². The summed E-state index contributed by atoms with van der Waals surface area (Å²) in [6, 6.07) is 5.89. The standard InChI is InChI=1S/C27H38N4O3/c1-19(2)34-25-11-14-28-17-24(25)26(20(3)32)31-15-12-23(18-31)33-16-5-4-8-22-10-9-21-7-6-13-29-27(21)30-22/h9-11,14,17,19,23,26H,4-8,12-13,15-16,18H2,1-3H3,(H,29,30)/t23-,26+/m1/s1. The van der Waals surface area contributed by atoms with Gasteiger partial charge in [0.2, 0.25) is 0 Å². The van der Waals surface area contributed by atoms with Crippen molar-refractivity contribution < 1.29 is 14.3 Å². The number of rotatable bonds is 11. The van der Waals surface area contributed by atoms with Gasteiger partial charge < -0.3 is 14.8 Å². The van der Waals surface area contributed by atoms with Crippen molar-refractivity contribution in [1.82, 2.24) is 14.9 Å². The van der Waals surface area contributed by atoms with Gasteiger partial charge in [-0.05, 0) is 77.0 Å². The highest BCUT2D eigenvalue weighted by Gasteiger charge is 2.34. The first-order valence-corrected chi connectivity index (χ1v) is 12.7. The van der Waals surface area contributed by atoms with Crippen molar-refractivity contribution in [2.75, 3.05) is 31.6 Å². The Bertz CT molecular complexity index is 965. The van der Waals surface area contributed by atoms with Crippen LogP contribution in [0, 0.1) is 0 Å². The number of ketones is 1. The van der Waals surface area contributed by atoms with Crippen molar-refractivity contribution in [1.29, 1.82) is 0 Å². The molecule has 1 saturated heterocycles. The van der Waals surface area contributed by atoms with Crippen LogP contribution in [-0.4, -0.2) is 59.1 Å². The van der Waals surface area contributed by atoms with Crippen LogP contribution in [0.3, 0.4) is 0 Å². The normalized spacial score (nSPS) is 19.0. The second-order valence-corrected chi connectivity index (χ2v) is 9.67. The van der Waals surface area contributed by atoms with Gasteiger partial charge in [-0.25, -0.2) is 4.98 Å². The number of hydrogen-bond donors (Lipinski definition) is 1. The maximum atomic E-state index is 12.6. The molecule has 0 radical (unpaired) electrons. The average molecular weight is 467 g/mol. The summed E-state index contributed by atoms with van der Waals surface area (Å²) in [6.45, 7) is 8.97. The molecule has 7 heteroatoms. The van der Waals surface area contributed by atoms with Crippen molar-refractivity contribution in [3.63, 3.8) is 0 Å². The Labute approximate surface area is 203 Å². The molecule has 34 heavy (non-hydrogen) atoms. The number of ether oxygens (including phenoxy) is 2. The fraction of sp³-hybridized carbons (Fsp3) is 0.593. The van der Waals surface area contributed by atoms with Gasteiger partial charge >= 0.3 is 0 Å². The molecule has 0 saturated carbocycles. The summed E-state index contributed by atoms with van der Waals surface area (Å²) in [6.07, 6.45) is 9.95. The quantitative estimate of drug-likeness (QED) is 0.493. The number of carbonyl (C=O) groups is 1. The topological polar surface area (TPSA) is 76.6 Å². The zero-order valence-electron chi connectivity index (χ0n) is 20.8. The summed E-state index contributed by atoms with van der Waals surface area (Å²) in [5, 5.41) is 3.41. The van der Waals surface area contributed by atoms with Gasteiger partial charge in [-0.2, -0.15) is 0 Å². The van der Waals surface area contributed by atoms with Crippen molar-refractivity contribution in [2.45, 2.75) is 77.5 Å². The summed E-state index contributed by atoms with van der Waals surface area (Å²) in [4.78, 5) is 23.9. The molecule has 2 aliphatic heterocycles. The third kappa shape index (κ3) is 6.33. The molecule has 0 bridgehead atoms. The average Bonchev–Trinajstić information content (AvgIpc) is 3.27. The molecule has 0 aromatic carbocycles. The van der Waals surface area contributed by atoms with Gasteiger partial charge in [0, 0.05) is 49.9 Å². The lowest BCUT2D eigenvalue weighted by Crippen LogP contribution is -2.33. The molecule has 4 heterocycles. The van der Waals surface area contributed by atoms with Crippen LogP contribution in [0.2, 0.25) is 0 Å². The number of aryl methyl sites for hydroxylation is 2. The van der Waals surface area contributed by atoms with E-state index in [0.29, 0.717) is 0 Å². The first-order chi connectivity index (χ1) is 16.5. The van der Waals surface area contributed by atoms with E-state index in [4.69, 9.17) is 14.5 Å². The Kier molecular flexibility index (Phi) is 8.51. The maximum Gasteiger partial charge on any atom is 0.151 e. The number of fused-ring (bicyclic) bond motifs is 1. The van der Waals surface area contributed by atoms with Gasteiger partial charge in [-0.3, -0.25) is 14.7 Å². The second kappa shape index (κ2) is 11.8. The highest BCUT2D eigenvalue weighted by atomic mass is 16.5. The minimum absolute atomic E-state index is 0.0381. The minimum Gasteiger partial charge on any atom is -0.491 e. The Morgan fingerprint density at radius 2 is 2.15 bits per heavy atom. The molecule has 7 nitrogen and oxygen atoms in total. The fourth-order valence-electron chi connectivity index (χ4n) is 4.92. The number of hydrogen-bond acceptors (Lipinski definition) is 7. The smallest absolute Gasteiger partial charge is 0.151 e. The molecule has 184 valence electrons. The van der Waals surface area contributed by atoms with E-state index in [-0.39, 0.29) is 24.0 Å². The summed E-state index contributed by atoms with van der Waals surface area (Å²) in [7, 11) is 0. The molecule has 0 aliphatic carbocycles. The maximum absolute atomic E-state index is 12.6. The van der Waals surface area contributed by atoms with Crippen LogP contribution in [-0.2, 0) is 22.4 Å². The first-order valence-electron chi connectivity index (χ1n) is 12.7. The molecule has 2 aromatic rings. The summed E-state index contributed by atoms with van der Waals surface area (Å²) >= 11 is 0. The summed E-state index contributed by atoms with van der Waals surface area (Å²) in [5.41, 5.74) is 3.33. The Morgan fingerprint density at radius 3 is 2.97 bits per heavy atom. The molecule has 0 spiro atoms. The van der Waals surface area contributed by atoms with Gasteiger partial charge in [0.15, 0.2) is 5.78 Å². The molecule has 2 atom stereocenters. The monoisotopic (exact) mass is 466 g/mol. The zero-order chi connectivity index (χ0) is 23.9. The Morgan fingerprint density at radius 1 is 1.26 bits per heavy atom. The van der Waals surface area contributed by atoms with Gasteiger partial charge in [0.25, 0.3) is 0 Å². The number of unbranched alkanes of at least 4 members (excludes halogenated alkanes) is 1. The van der Waals surface area contributed by atoms with E-state index in [1.807, 2.05) is 19.9 Å². The molecule has 1 N–H and O–H groups in total. The molecule has 2 aromatic heterocycles. The van der Waals surface area contributed by atoms with E-state index in [0.717, 1.165) is 81.2 Å². The van der Waals surface area contributed by atoms with Gasteiger partial charge in [0.05, 0.1) is 18.2 Å². The number of nitrogens with zero attached hydrogens (tertiary/aromatic N) is 3. The van der Waals surface area contributed by atoms with E-state index < -0.39 is 0 Å². The first kappa shape index (κ1) is 24.6. The van der Waals surface area contributed by atoms with Crippen molar-refractivity contribution in [3.05, 3.63) is 47.4 Å². The number of likely N-dealkylation sites (tertiary alicyclic amines) is 1. The van der Waals surface area contributed by atoms with E-state index in [9.17, 15) is 4.79 Å². The van der Waals surface area contributed by atoms with Crippen LogP contribution in [0.25, 0.3) is 0 Å². The highest BCUT2D eigenvalue weighted by molar-refractivity contribution is 5.83. The molecule has 0 amide bonds. The third-order valence-corrected chi connectivity index (χ3v) is 6.53. The van der Waals surface area contributed by atoms with Crippen LogP contribution in [0.4, 0.5) is 5.82 Å². The number of anilines is 1. The van der Waals surface area contributed by atoms with Gasteiger partial charge in [-0.1, -0.05) is 6.07 Å². The molecule has 0 unspecified atom stereocenters. The third-order valence-electron chi connectivity index (χ3n) is 6.53. The Balaban J connectivity index is 1.24. The largest absolute Gasteiger partial charge is 0.491 e. The zero-order valence-corrected chi connectivity index (χ0v) is 20.8. The number of Topliss-reactive ketones (excluding diaryl/α,β-unsaturated/α-hetero) is 1. The summed E-state index contributed by atoms with van der Waals surface area (Å²) < 4.78 is 12.2. The lowest BCUT2D eigenvalue weighted by atomic mass is 10.0.